The molecule has 1 atom stereocenters. The molecule has 2 N–H and O–H groups in total. The van der Waals surface area contributed by atoms with Gasteiger partial charge in [-0.3, -0.25) is 4.99 Å². The molecule has 1 aliphatic heterocycles. The SMILES string of the molecule is CCNC(=NCC(O)c1cc(OC)cc(OC)c1)N1CCN(c2ccc(F)cc2)CC1.I. The van der Waals surface area contributed by atoms with Gasteiger partial charge in [0.25, 0.3) is 0 Å². The van der Waals surface area contributed by atoms with Crippen LogP contribution in [0.15, 0.2) is 47.5 Å². The van der Waals surface area contributed by atoms with Crippen LogP contribution in [0, 0.1) is 5.82 Å². The van der Waals surface area contributed by atoms with Crippen LogP contribution < -0.4 is 19.7 Å². The summed E-state index contributed by atoms with van der Waals surface area (Å²) >= 11 is 0. The maximum atomic E-state index is 13.2. The zero-order valence-electron chi connectivity index (χ0n) is 18.8. The molecule has 1 aliphatic rings. The topological polar surface area (TPSA) is 69.6 Å². The Kier molecular flexibility index (Phi) is 10.3. The average molecular weight is 558 g/mol. The van der Waals surface area contributed by atoms with E-state index >= 15 is 0 Å². The Morgan fingerprint density at radius 3 is 2.19 bits per heavy atom. The number of guanidine groups is 1. The van der Waals surface area contributed by atoms with Crippen molar-refractivity contribution in [3.8, 4) is 11.5 Å². The maximum Gasteiger partial charge on any atom is 0.194 e. The molecule has 1 heterocycles. The van der Waals surface area contributed by atoms with E-state index in [4.69, 9.17) is 9.47 Å². The van der Waals surface area contributed by atoms with E-state index in [0.29, 0.717) is 17.1 Å². The number of ether oxygens (including phenoxy) is 2. The number of nitrogens with zero attached hydrogens (tertiary/aromatic N) is 3. The maximum absolute atomic E-state index is 13.2. The predicted molar refractivity (Wildman–Crippen MR) is 136 cm³/mol. The van der Waals surface area contributed by atoms with Crippen LogP contribution in [-0.4, -0.2) is 69.5 Å². The van der Waals surface area contributed by atoms with Gasteiger partial charge in [0.2, 0.25) is 0 Å². The smallest absolute Gasteiger partial charge is 0.194 e. The largest absolute Gasteiger partial charge is 0.497 e. The number of aliphatic hydroxyl groups excluding tert-OH is 1. The number of hydrogen-bond acceptors (Lipinski definition) is 5. The number of methoxy groups -OCH3 is 2. The fourth-order valence-corrected chi connectivity index (χ4v) is 3.55. The van der Waals surface area contributed by atoms with Gasteiger partial charge in [-0.05, 0) is 48.9 Å². The molecule has 3 rings (SSSR count). The van der Waals surface area contributed by atoms with Crippen molar-refractivity contribution in [2.45, 2.75) is 13.0 Å². The summed E-state index contributed by atoms with van der Waals surface area (Å²) in [6.07, 6.45) is -0.779. The van der Waals surface area contributed by atoms with Crippen LogP contribution in [-0.2, 0) is 0 Å². The summed E-state index contributed by atoms with van der Waals surface area (Å²) < 4.78 is 23.8. The molecular formula is C23H32FIN4O3. The third kappa shape index (κ3) is 6.86. The van der Waals surface area contributed by atoms with Crippen LogP contribution >= 0.6 is 24.0 Å². The Balaban J connectivity index is 0.00000363. The number of nitrogens with one attached hydrogen (secondary N) is 1. The van der Waals surface area contributed by atoms with Gasteiger partial charge in [-0.25, -0.2) is 4.39 Å². The normalized spacial score (nSPS) is 15.1. The summed E-state index contributed by atoms with van der Waals surface area (Å²) in [4.78, 5) is 9.08. The zero-order valence-corrected chi connectivity index (χ0v) is 21.1. The molecule has 0 bridgehead atoms. The molecule has 0 spiro atoms. The Morgan fingerprint density at radius 1 is 1.06 bits per heavy atom. The lowest BCUT2D eigenvalue weighted by atomic mass is 10.1. The number of rotatable bonds is 7. The Hall–Kier alpha value is -2.27. The Labute approximate surface area is 206 Å². The number of anilines is 1. The molecule has 7 nitrogen and oxygen atoms in total. The number of aliphatic hydroxyl groups is 1. The van der Waals surface area contributed by atoms with Gasteiger partial charge in [-0.15, -0.1) is 24.0 Å². The lowest BCUT2D eigenvalue weighted by molar-refractivity contribution is 0.185. The molecule has 1 fully saturated rings. The van der Waals surface area contributed by atoms with Gasteiger partial charge < -0.3 is 29.7 Å². The lowest BCUT2D eigenvalue weighted by Gasteiger charge is -2.37. The van der Waals surface area contributed by atoms with Crippen LogP contribution in [0.2, 0.25) is 0 Å². The first-order valence-corrected chi connectivity index (χ1v) is 10.5. The number of hydrogen-bond donors (Lipinski definition) is 2. The summed E-state index contributed by atoms with van der Waals surface area (Å²) in [6, 6.07) is 11.9. The first-order chi connectivity index (χ1) is 15.0. The van der Waals surface area contributed by atoms with Gasteiger partial charge in [0.15, 0.2) is 5.96 Å². The zero-order chi connectivity index (χ0) is 22.2. The van der Waals surface area contributed by atoms with Crippen LogP contribution in [0.1, 0.15) is 18.6 Å². The van der Waals surface area contributed by atoms with Gasteiger partial charge in [0, 0.05) is 44.5 Å². The van der Waals surface area contributed by atoms with E-state index in [1.54, 1.807) is 32.4 Å². The van der Waals surface area contributed by atoms with Gasteiger partial charge in [0.05, 0.1) is 26.9 Å². The van der Waals surface area contributed by atoms with Gasteiger partial charge in [-0.1, -0.05) is 0 Å². The van der Waals surface area contributed by atoms with Crippen LogP contribution in [0.4, 0.5) is 10.1 Å². The standard InChI is InChI=1S/C23H31FN4O3.HI/c1-4-25-23(26-16-22(29)17-13-20(30-2)15-21(14-17)31-3)28-11-9-27(10-12-28)19-7-5-18(24)6-8-19;/h5-8,13-15,22,29H,4,9-12,16H2,1-3H3,(H,25,26);1H. The molecule has 0 saturated carbocycles. The van der Waals surface area contributed by atoms with Crippen molar-refractivity contribution in [1.82, 2.24) is 10.2 Å². The van der Waals surface area contributed by atoms with Crippen molar-refractivity contribution < 1.29 is 19.0 Å². The van der Waals surface area contributed by atoms with Gasteiger partial charge in [-0.2, -0.15) is 0 Å². The van der Waals surface area contributed by atoms with Crippen molar-refractivity contribution in [3.63, 3.8) is 0 Å². The molecule has 2 aromatic carbocycles. The highest BCUT2D eigenvalue weighted by molar-refractivity contribution is 14.0. The van der Waals surface area contributed by atoms with E-state index in [0.717, 1.165) is 44.4 Å². The first kappa shape index (κ1) is 26.0. The quantitative estimate of drug-likeness (QED) is 0.309. The van der Waals surface area contributed by atoms with E-state index in [1.165, 1.54) is 12.1 Å². The molecule has 1 unspecified atom stereocenters. The third-order valence-corrected chi connectivity index (χ3v) is 5.28. The van der Waals surface area contributed by atoms with Gasteiger partial charge >= 0.3 is 0 Å². The summed E-state index contributed by atoms with van der Waals surface area (Å²) in [6.45, 7) is 6.17. The Bertz CT molecular complexity index is 852. The van der Waals surface area contributed by atoms with Gasteiger partial charge in [0.1, 0.15) is 17.3 Å². The van der Waals surface area contributed by atoms with Crippen LogP contribution in [0.25, 0.3) is 0 Å². The predicted octanol–water partition coefficient (Wildman–Crippen LogP) is 3.28. The van der Waals surface area contributed by atoms with E-state index in [2.05, 4.69) is 20.1 Å². The first-order valence-electron chi connectivity index (χ1n) is 10.5. The highest BCUT2D eigenvalue weighted by atomic mass is 127. The molecule has 9 heteroatoms. The van der Waals surface area contributed by atoms with Crippen molar-refractivity contribution in [3.05, 3.63) is 53.8 Å². The van der Waals surface area contributed by atoms with E-state index in [-0.39, 0.29) is 36.3 Å². The third-order valence-electron chi connectivity index (χ3n) is 5.28. The minimum Gasteiger partial charge on any atom is -0.497 e. The molecule has 0 aromatic heterocycles. The molecule has 1 saturated heterocycles. The van der Waals surface area contributed by atoms with Crippen LogP contribution in [0.5, 0.6) is 11.5 Å². The van der Waals surface area contributed by atoms with Crippen molar-refractivity contribution in [1.29, 1.82) is 0 Å². The summed E-state index contributed by atoms with van der Waals surface area (Å²) in [5.74, 6) is 1.80. The van der Waals surface area contributed by atoms with Crippen molar-refractivity contribution in [2.75, 3.05) is 58.4 Å². The summed E-state index contributed by atoms with van der Waals surface area (Å²) in [7, 11) is 3.16. The highest BCUT2D eigenvalue weighted by Crippen LogP contribution is 2.26. The second kappa shape index (κ2) is 12.7. The monoisotopic (exact) mass is 558 g/mol. The molecule has 176 valence electrons. The van der Waals surface area contributed by atoms with E-state index in [1.807, 2.05) is 19.1 Å². The van der Waals surface area contributed by atoms with Crippen molar-refractivity contribution >= 4 is 35.6 Å². The number of benzene rings is 2. The number of piperazine rings is 1. The molecule has 0 radical (unpaired) electrons. The molecule has 0 aliphatic carbocycles. The summed E-state index contributed by atoms with van der Waals surface area (Å²) in [5, 5.41) is 14.0. The minimum atomic E-state index is -0.779. The number of halogens is 2. The molecule has 2 aromatic rings. The van der Waals surface area contributed by atoms with Crippen molar-refractivity contribution in [2.24, 2.45) is 4.99 Å². The average Bonchev–Trinajstić information content (AvgIpc) is 2.81. The Morgan fingerprint density at radius 2 is 1.66 bits per heavy atom. The summed E-state index contributed by atoms with van der Waals surface area (Å²) in [5.41, 5.74) is 1.71. The highest BCUT2D eigenvalue weighted by Gasteiger charge is 2.20. The van der Waals surface area contributed by atoms with E-state index < -0.39 is 6.10 Å². The molecule has 0 amide bonds. The number of aliphatic imine (C=N–C) groups is 1. The fraction of sp³-hybridized carbons (Fsp3) is 0.435. The lowest BCUT2D eigenvalue weighted by Crippen LogP contribution is -2.52. The van der Waals surface area contributed by atoms with Crippen LogP contribution in [0.3, 0.4) is 0 Å². The van der Waals surface area contributed by atoms with E-state index in [9.17, 15) is 9.50 Å². The second-order valence-corrected chi connectivity index (χ2v) is 7.31. The molecular weight excluding hydrogens is 526 g/mol. The fourth-order valence-electron chi connectivity index (χ4n) is 3.55. The molecule has 32 heavy (non-hydrogen) atoms. The minimum absolute atomic E-state index is 0. The second-order valence-electron chi connectivity index (χ2n) is 7.31.